The van der Waals surface area contributed by atoms with Crippen LogP contribution in [-0.4, -0.2) is 120 Å². The molecule has 9 rings (SSSR count). The summed E-state index contributed by atoms with van der Waals surface area (Å²) in [5.41, 5.74) is 5.32. The molecule has 1 atom stereocenters. The van der Waals surface area contributed by atoms with Crippen molar-refractivity contribution in [1.82, 2.24) is 24.9 Å². The highest BCUT2D eigenvalue weighted by atomic mass is 35.5. The molecule has 4 saturated heterocycles. The van der Waals surface area contributed by atoms with Crippen LogP contribution < -0.4 is 15.1 Å². The Kier molecular flexibility index (Phi) is 9.68. The van der Waals surface area contributed by atoms with E-state index in [4.69, 9.17) is 11.6 Å². The Hall–Kier alpha value is -5.78. The predicted molar refractivity (Wildman–Crippen MR) is 213 cm³/mol. The topological polar surface area (TPSA) is 158 Å². The van der Waals surface area contributed by atoms with E-state index in [9.17, 15) is 34.0 Å². The van der Waals surface area contributed by atoms with Crippen LogP contribution in [0, 0.1) is 16.7 Å². The second-order valence-electron chi connectivity index (χ2n) is 16.4. The summed E-state index contributed by atoms with van der Waals surface area (Å²) in [5.74, 6) is -2.15. The van der Waals surface area contributed by atoms with Gasteiger partial charge in [0.2, 0.25) is 17.7 Å². The Morgan fingerprint density at radius 1 is 0.793 bits per heavy atom. The van der Waals surface area contributed by atoms with E-state index in [0.29, 0.717) is 55.4 Å². The molecule has 0 aliphatic carbocycles. The van der Waals surface area contributed by atoms with Gasteiger partial charge in [0.05, 0.1) is 28.3 Å². The second kappa shape index (κ2) is 14.9. The molecule has 6 heterocycles. The summed E-state index contributed by atoms with van der Waals surface area (Å²) in [6, 6.07) is 17.9. The monoisotopic (exact) mass is 802 g/mol. The summed E-state index contributed by atoms with van der Waals surface area (Å²) in [6.07, 6.45) is 3.12. The van der Waals surface area contributed by atoms with E-state index in [1.54, 1.807) is 23.1 Å². The first-order valence-corrected chi connectivity index (χ1v) is 20.3. The Morgan fingerprint density at radius 3 is 2.10 bits per heavy atom. The molecule has 1 unspecified atom stereocenters. The number of nitrogens with zero attached hydrogens (tertiary/aromatic N) is 7. The molecular weight excluding hydrogens is 760 g/mol. The van der Waals surface area contributed by atoms with Gasteiger partial charge in [-0.25, -0.2) is 0 Å². The van der Waals surface area contributed by atoms with Gasteiger partial charge in [0.1, 0.15) is 12.1 Å². The maximum absolute atomic E-state index is 13.8. The van der Waals surface area contributed by atoms with Crippen LogP contribution in [0.3, 0.4) is 0 Å². The van der Waals surface area contributed by atoms with Crippen LogP contribution >= 0.6 is 11.6 Å². The number of fused-ring (bicyclic) bond motifs is 2. The van der Waals surface area contributed by atoms with E-state index < -0.39 is 29.7 Å². The average Bonchev–Trinajstić information content (AvgIpc) is 3.91. The fourth-order valence-electron chi connectivity index (χ4n) is 9.57. The number of piperidine rings is 2. The Labute approximate surface area is 340 Å². The van der Waals surface area contributed by atoms with Gasteiger partial charge in [0.15, 0.2) is 0 Å². The molecule has 0 radical (unpaired) electrons. The van der Waals surface area contributed by atoms with Crippen molar-refractivity contribution >= 4 is 58.4 Å². The standard InChI is InChI=1S/C43H43ClN8O6/c44-35-21-32(5-4-28(35)22-45)48-11-8-43(9-12-48)10-13-50(26-43)40(56)27-2-1-3-31(18-27)49-16-14-47(15-17-49)25-38(54)51-23-29-19-33-34(20-30(29)24-51)42(58)52(41(33)57)36-6-7-37(53)46-39(36)55/h1-5,18-21,36H,6-17,23-26H2,(H,46,53,55). The highest BCUT2D eigenvalue weighted by Crippen LogP contribution is 2.42. The molecule has 298 valence electrons. The van der Waals surface area contributed by atoms with Gasteiger partial charge in [-0.1, -0.05) is 17.7 Å². The zero-order valence-corrected chi connectivity index (χ0v) is 32.8. The quantitative estimate of drug-likeness (QED) is 0.367. The zero-order valence-electron chi connectivity index (χ0n) is 32.0. The molecule has 3 aromatic carbocycles. The molecular formula is C43H43ClN8O6. The number of halogens is 1. The maximum Gasteiger partial charge on any atom is 0.262 e. The number of likely N-dealkylation sites (tertiary alicyclic amines) is 1. The van der Waals surface area contributed by atoms with Crippen molar-refractivity contribution in [2.45, 2.75) is 51.2 Å². The van der Waals surface area contributed by atoms with Gasteiger partial charge in [-0.2, -0.15) is 5.26 Å². The van der Waals surface area contributed by atoms with Crippen molar-refractivity contribution in [1.29, 1.82) is 5.26 Å². The Morgan fingerprint density at radius 2 is 1.45 bits per heavy atom. The van der Waals surface area contributed by atoms with Gasteiger partial charge in [-0.3, -0.25) is 43.9 Å². The van der Waals surface area contributed by atoms with Crippen molar-refractivity contribution in [2.75, 3.05) is 68.7 Å². The largest absolute Gasteiger partial charge is 0.371 e. The van der Waals surface area contributed by atoms with Gasteiger partial charge < -0.3 is 19.6 Å². The molecule has 3 aromatic rings. The molecule has 4 fully saturated rings. The minimum Gasteiger partial charge on any atom is -0.371 e. The van der Waals surface area contributed by atoms with E-state index in [2.05, 4.69) is 26.1 Å². The SMILES string of the molecule is N#Cc1ccc(N2CCC3(CCN(C(=O)c4cccc(N5CCN(CC(=O)N6Cc7cc8c(cc7C6)C(=O)N(C6CCC(=O)NC6=O)C8=O)CC5)c4)C3)CC2)cc1Cl. The number of piperazine rings is 1. The lowest BCUT2D eigenvalue weighted by Gasteiger charge is -2.40. The highest BCUT2D eigenvalue weighted by molar-refractivity contribution is 6.32. The van der Waals surface area contributed by atoms with Crippen molar-refractivity contribution < 1.29 is 28.8 Å². The molecule has 15 heteroatoms. The first kappa shape index (κ1) is 37.8. The first-order valence-electron chi connectivity index (χ1n) is 20.0. The number of hydrogen-bond acceptors (Lipinski definition) is 10. The van der Waals surface area contributed by atoms with E-state index >= 15 is 0 Å². The van der Waals surface area contributed by atoms with Crippen LogP contribution in [0.4, 0.5) is 11.4 Å². The number of imide groups is 2. The molecule has 58 heavy (non-hydrogen) atoms. The smallest absolute Gasteiger partial charge is 0.262 e. The summed E-state index contributed by atoms with van der Waals surface area (Å²) in [7, 11) is 0. The summed E-state index contributed by atoms with van der Waals surface area (Å²) in [6.45, 7) is 6.91. The molecule has 0 saturated carbocycles. The predicted octanol–water partition coefficient (Wildman–Crippen LogP) is 3.41. The van der Waals surface area contributed by atoms with Gasteiger partial charge in [-0.05, 0) is 90.8 Å². The molecule has 1 spiro atoms. The number of amides is 6. The third kappa shape index (κ3) is 6.86. The summed E-state index contributed by atoms with van der Waals surface area (Å²) >= 11 is 6.30. The number of carbonyl (C=O) groups excluding carboxylic acids is 6. The fraction of sp³-hybridized carbons (Fsp3) is 0.419. The van der Waals surface area contributed by atoms with E-state index in [1.807, 2.05) is 41.3 Å². The molecule has 6 aliphatic rings. The summed E-state index contributed by atoms with van der Waals surface area (Å²) < 4.78 is 0. The van der Waals surface area contributed by atoms with Crippen LogP contribution in [0.25, 0.3) is 0 Å². The lowest BCUT2D eigenvalue weighted by molar-refractivity contribution is -0.136. The number of rotatable bonds is 6. The lowest BCUT2D eigenvalue weighted by atomic mass is 9.77. The van der Waals surface area contributed by atoms with Gasteiger partial charge in [0, 0.05) is 88.8 Å². The van der Waals surface area contributed by atoms with Crippen LogP contribution in [-0.2, 0) is 27.5 Å². The minimum absolute atomic E-state index is 0.0343. The molecule has 0 bridgehead atoms. The number of carbonyl (C=O) groups is 6. The first-order chi connectivity index (χ1) is 28.0. The average molecular weight is 803 g/mol. The third-order valence-corrected chi connectivity index (χ3v) is 13.3. The Balaban J connectivity index is 0.757. The van der Waals surface area contributed by atoms with E-state index in [-0.39, 0.29) is 47.7 Å². The van der Waals surface area contributed by atoms with Crippen LogP contribution in [0.2, 0.25) is 5.02 Å². The number of anilines is 2. The lowest BCUT2D eigenvalue weighted by Crippen LogP contribution is -2.54. The van der Waals surface area contributed by atoms with Crippen LogP contribution in [0.1, 0.15) is 79.9 Å². The van der Waals surface area contributed by atoms with E-state index in [0.717, 1.165) is 72.8 Å². The number of nitriles is 1. The number of hydrogen-bond donors (Lipinski definition) is 1. The Bertz CT molecular complexity index is 2260. The van der Waals surface area contributed by atoms with Crippen molar-refractivity contribution in [3.05, 3.63) is 93.0 Å². The number of benzene rings is 3. The van der Waals surface area contributed by atoms with Crippen LogP contribution in [0.15, 0.2) is 54.6 Å². The van der Waals surface area contributed by atoms with Crippen molar-refractivity contribution in [3.63, 3.8) is 0 Å². The zero-order chi connectivity index (χ0) is 40.3. The minimum atomic E-state index is -1.02. The normalized spacial score (nSPS) is 21.7. The summed E-state index contributed by atoms with van der Waals surface area (Å²) in [4.78, 5) is 89.4. The van der Waals surface area contributed by atoms with Crippen LogP contribution in [0.5, 0.6) is 0 Å². The van der Waals surface area contributed by atoms with Gasteiger partial charge in [0.25, 0.3) is 17.7 Å². The molecule has 0 aromatic heterocycles. The summed E-state index contributed by atoms with van der Waals surface area (Å²) in [5, 5.41) is 11.9. The third-order valence-electron chi connectivity index (χ3n) is 13.0. The molecule has 6 aliphatic heterocycles. The van der Waals surface area contributed by atoms with Crippen molar-refractivity contribution in [3.8, 4) is 6.07 Å². The maximum atomic E-state index is 13.8. The van der Waals surface area contributed by atoms with E-state index in [1.165, 1.54) is 0 Å². The molecule has 6 amide bonds. The van der Waals surface area contributed by atoms with Gasteiger partial charge in [-0.15, -0.1) is 0 Å². The van der Waals surface area contributed by atoms with Gasteiger partial charge >= 0.3 is 0 Å². The molecule has 14 nitrogen and oxygen atoms in total. The number of nitrogens with one attached hydrogen (secondary N) is 1. The fourth-order valence-corrected chi connectivity index (χ4v) is 9.78. The second-order valence-corrected chi connectivity index (χ2v) is 16.8. The highest BCUT2D eigenvalue weighted by Gasteiger charge is 2.46. The van der Waals surface area contributed by atoms with Crippen molar-refractivity contribution in [2.24, 2.45) is 5.41 Å². The molecule has 1 N–H and O–H groups in total.